The standard InChI is InChI=1S/C12H23NO3/c1-9(10(2)14)13-7-5-11(6-8-13)3-4-12(15)16/h9-11,14H,3-8H2,1-2H3,(H,15,16). The SMILES string of the molecule is CC(O)C(C)N1CCC(CCC(=O)O)CC1. The van der Waals surface area contributed by atoms with Gasteiger partial charge in [-0.25, -0.2) is 0 Å². The van der Waals surface area contributed by atoms with E-state index < -0.39 is 5.97 Å². The van der Waals surface area contributed by atoms with Gasteiger partial charge in [-0.3, -0.25) is 9.69 Å². The Kier molecular flexibility index (Phi) is 5.22. The van der Waals surface area contributed by atoms with E-state index in [1.54, 1.807) is 0 Å². The van der Waals surface area contributed by atoms with E-state index in [4.69, 9.17) is 5.11 Å². The van der Waals surface area contributed by atoms with Gasteiger partial charge >= 0.3 is 5.97 Å². The molecule has 1 saturated heterocycles. The van der Waals surface area contributed by atoms with Crippen LogP contribution in [0.5, 0.6) is 0 Å². The summed E-state index contributed by atoms with van der Waals surface area (Å²) < 4.78 is 0. The maximum Gasteiger partial charge on any atom is 0.303 e. The van der Waals surface area contributed by atoms with Crippen molar-refractivity contribution in [1.82, 2.24) is 4.90 Å². The predicted octanol–water partition coefficient (Wildman–Crippen LogP) is 1.33. The Morgan fingerprint density at radius 2 is 1.94 bits per heavy atom. The van der Waals surface area contributed by atoms with Crippen molar-refractivity contribution in [2.24, 2.45) is 5.92 Å². The summed E-state index contributed by atoms with van der Waals surface area (Å²) in [4.78, 5) is 12.8. The summed E-state index contributed by atoms with van der Waals surface area (Å²) in [5, 5.41) is 18.1. The molecule has 0 aliphatic carbocycles. The molecule has 2 N–H and O–H groups in total. The number of hydrogen-bond acceptors (Lipinski definition) is 3. The van der Waals surface area contributed by atoms with Crippen LogP contribution in [0.4, 0.5) is 0 Å². The van der Waals surface area contributed by atoms with Crippen LogP contribution in [0.25, 0.3) is 0 Å². The molecule has 0 spiro atoms. The summed E-state index contributed by atoms with van der Waals surface area (Å²) in [7, 11) is 0. The molecule has 1 aliphatic heterocycles. The summed E-state index contributed by atoms with van der Waals surface area (Å²) >= 11 is 0. The molecule has 0 aromatic heterocycles. The number of rotatable bonds is 5. The summed E-state index contributed by atoms with van der Waals surface area (Å²) in [5.74, 6) is -0.145. The van der Waals surface area contributed by atoms with Gasteiger partial charge in [-0.15, -0.1) is 0 Å². The van der Waals surface area contributed by atoms with Crippen LogP contribution < -0.4 is 0 Å². The van der Waals surface area contributed by atoms with Crippen LogP contribution >= 0.6 is 0 Å². The molecule has 0 bridgehead atoms. The molecule has 0 amide bonds. The predicted molar refractivity (Wildman–Crippen MR) is 62.3 cm³/mol. The van der Waals surface area contributed by atoms with Gasteiger partial charge in [0.1, 0.15) is 0 Å². The topological polar surface area (TPSA) is 60.8 Å². The van der Waals surface area contributed by atoms with Crippen molar-refractivity contribution in [2.75, 3.05) is 13.1 Å². The van der Waals surface area contributed by atoms with E-state index in [2.05, 4.69) is 4.90 Å². The largest absolute Gasteiger partial charge is 0.481 e. The molecule has 4 nitrogen and oxygen atoms in total. The number of nitrogens with zero attached hydrogens (tertiary/aromatic N) is 1. The first-order valence-corrected chi connectivity index (χ1v) is 6.14. The Hall–Kier alpha value is -0.610. The van der Waals surface area contributed by atoms with Gasteiger partial charge in [0.25, 0.3) is 0 Å². The minimum absolute atomic E-state index is 0.209. The summed E-state index contributed by atoms with van der Waals surface area (Å²) in [6.07, 6.45) is 2.91. The van der Waals surface area contributed by atoms with Crippen molar-refractivity contribution in [2.45, 2.75) is 51.7 Å². The lowest BCUT2D eigenvalue weighted by atomic mass is 9.91. The molecule has 0 saturated carbocycles. The highest BCUT2D eigenvalue weighted by Gasteiger charge is 2.24. The van der Waals surface area contributed by atoms with E-state index in [0.29, 0.717) is 5.92 Å². The smallest absolute Gasteiger partial charge is 0.303 e. The van der Waals surface area contributed by atoms with Gasteiger partial charge in [0.15, 0.2) is 0 Å². The third-order valence-electron chi connectivity index (χ3n) is 3.69. The van der Waals surface area contributed by atoms with E-state index in [1.165, 1.54) is 0 Å². The van der Waals surface area contributed by atoms with Crippen molar-refractivity contribution < 1.29 is 15.0 Å². The summed E-state index contributed by atoms with van der Waals surface area (Å²) in [6, 6.07) is 0.209. The molecule has 0 aromatic rings. The maximum atomic E-state index is 10.5. The zero-order chi connectivity index (χ0) is 12.1. The van der Waals surface area contributed by atoms with Crippen LogP contribution in [0.15, 0.2) is 0 Å². The van der Waals surface area contributed by atoms with E-state index in [0.717, 1.165) is 32.4 Å². The second-order valence-corrected chi connectivity index (χ2v) is 4.89. The van der Waals surface area contributed by atoms with Crippen LogP contribution in [0.3, 0.4) is 0 Å². The molecule has 1 aliphatic rings. The molecule has 1 fully saturated rings. The first-order valence-electron chi connectivity index (χ1n) is 6.14. The number of carboxylic acids is 1. The van der Waals surface area contributed by atoms with Gasteiger partial charge in [-0.2, -0.15) is 0 Å². The van der Waals surface area contributed by atoms with Crippen LogP contribution in [0, 0.1) is 5.92 Å². The van der Waals surface area contributed by atoms with Crippen molar-refractivity contribution in [3.05, 3.63) is 0 Å². The molecular formula is C12H23NO3. The number of aliphatic carboxylic acids is 1. The number of hydrogen-bond donors (Lipinski definition) is 2. The Morgan fingerprint density at radius 1 is 1.38 bits per heavy atom. The molecule has 0 radical (unpaired) electrons. The van der Waals surface area contributed by atoms with Crippen molar-refractivity contribution in [3.8, 4) is 0 Å². The molecule has 1 rings (SSSR count). The van der Waals surface area contributed by atoms with Gasteiger partial charge < -0.3 is 10.2 Å². The minimum atomic E-state index is -0.695. The van der Waals surface area contributed by atoms with E-state index >= 15 is 0 Å². The first kappa shape index (κ1) is 13.5. The molecule has 94 valence electrons. The number of carbonyl (C=O) groups is 1. The third-order valence-corrected chi connectivity index (χ3v) is 3.69. The van der Waals surface area contributed by atoms with Gasteiger partial charge in [0, 0.05) is 12.5 Å². The van der Waals surface area contributed by atoms with Gasteiger partial charge in [0.2, 0.25) is 0 Å². The second kappa shape index (κ2) is 6.21. The highest BCUT2D eigenvalue weighted by Crippen LogP contribution is 2.23. The zero-order valence-corrected chi connectivity index (χ0v) is 10.2. The molecule has 1 heterocycles. The molecule has 0 aromatic carbocycles. The van der Waals surface area contributed by atoms with Gasteiger partial charge in [-0.05, 0) is 52.1 Å². The van der Waals surface area contributed by atoms with Crippen molar-refractivity contribution >= 4 is 5.97 Å². The van der Waals surface area contributed by atoms with Crippen LogP contribution in [0.1, 0.15) is 39.5 Å². The molecule has 2 unspecified atom stereocenters. The monoisotopic (exact) mass is 229 g/mol. The Bertz CT molecular complexity index is 222. The van der Waals surface area contributed by atoms with Crippen LogP contribution in [0.2, 0.25) is 0 Å². The van der Waals surface area contributed by atoms with Crippen molar-refractivity contribution in [1.29, 1.82) is 0 Å². The van der Waals surface area contributed by atoms with Crippen molar-refractivity contribution in [3.63, 3.8) is 0 Å². The lowest BCUT2D eigenvalue weighted by Gasteiger charge is -2.37. The third kappa shape index (κ3) is 4.10. The van der Waals surface area contributed by atoms with Gasteiger partial charge in [-0.1, -0.05) is 0 Å². The fourth-order valence-corrected chi connectivity index (χ4v) is 2.28. The fourth-order valence-electron chi connectivity index (χ4n) is 2.28. The quantitative estimate of drug-likeness (QED) is 0.746. The normalized spacial score (nSPS) is 22.9. The molecule has 2 atom stereocenters. The number of aliphatic hydroxyl groups is 1. The second-order valence-electron chi connectivity index (χ2n) is 4.89. The molecular weight excluding hydrogens is 206 g/mol. The van der Waals surface area contributed by atoms with E-state index in [-0.39, 0.29) is 18.6 Å². The van der Waals surface area contributed by atoms with Crippen LogP contribution in [-0.2, 0) is 4.79 Å². The minimum Gasteiger partial charge on any atom is -0.481 e. The average Bonchev–Trinajstić information content (AvgIpc) is 2.26. The fraction of sp³-hybridized carbons (Fsp3) is 0.917. The van der Waals surface area contributed by atoms with Gasteiger partial charge in [0.05, 0.1) is 6.10 Å². The van der Waals surface area contributed by atoms with E-state index in [9.17, 15) is 9.90 Å². The van der Waals surface area contributed by atoms with Crippen LogP contribution in [-0.4, -0.2) is 46.3 Å². The maximum absolute atomic E-state index is 10.5. The number of aliphatic hydroxyl groups excluding tert-OH is 1. The zero-order valence-electron chi connectivity index (χ0n) is 10.2. The Labute approximate surface area is 97.3 Å². The number of piperidine rings is 1. The highest BCUT2D eigenvalue weighted by molar-refractivity contribution is 5.66. The summed E-state index contributed by atoms with van der Waals surface area (Å²) in [6.45, 7) is 5.83. The highest BCUT2D eigenvalue weighted by atomic mass is 16.4. The lowest BCUT2D eigenvalue weighted by molar-refractivity contribution is -0.137. The first-order chi connectivity index (χ1) is 7.50. The number of carboxylic acid groups (broad SMARTS) is 1. The number of likely N-dealkylation sites (tertiary alicyclic amines) is 1. The average molecular weight is 229 g/mol. The lowest BCUT2D eigenvalue weighted by Crippen LogP contribution is -2.44. The molecule has 16 heavy (non-hydrogen) atoms. The Balaban J connectivity index is 2.25. The molecule has 4 heteroatoms. The summed E-state index contributed by atoms with van der Waals surface area (Å²) in [5.41, 5.74) is 0. The van der Waals surface area contributed by atoms with E-state index in [1.807, 2.05) is 13.8 Å². The Morgan fingerprint density at radius 3 is 2.38 bits per heavy atom.